The van der Waals surface area contributed by atoms with Gasteiger partial charge in [-0.05, 0) is 36.4 Å². The number of methoxy groups -OCH3 is 1. The van der Waals surface area contributed by atoms with Gasteiger partial charge in [0.05, 0.1) is 35.0 Å². The van der Waals surface area contributed by atoms with Gasteiger partial charge in [0.2, 0.25) is 0 Å². The molecule has 0 saturated carbocycles. The maximum atomic E-state index is 12.2. The van der Waals surface area contributed by atoms with Gasteiger partial charge in [0.25, 0.3) is 5.91 Å². The zero-order valence-electron chi connectivity index (χ0n) is 11.6. The molecule has 2 aromatic rings. The van der Waals surface area contributed by atoms with Crippen LogP contribution in [-0.2, 0) is 4.74 Å². The van der Waals surface area contributed by atoms with Crippen LogP contribution in [0.25, 0.3) is 0 Å². The van der Waals surface area contributed by atoms with E-state index in [0.29, 0.717) is 11.1 Å². The number of carbonyl (C=O) groups is 2. The number of rotatable bonds is 3. The predicted molar refractivity (Wildman–Crippen MR) is 81.9 cm³/mol. The van der Waals surface area contributed by atoms with Crippen LogP contribution >= 0.6 is 11.6 Å². The van der Waals surface area contributed by atoms with Crippen LogP contribution in [-0.4, -0.2) is 19.0 Å². The molecule has 0 aliphatic heterocycles. The minimum Gasteiger partial charge on any atom is -0.465 e. The van der Waals surface area contributed by atoms with Crippen molar-refractivity contribution in [3.8, 4) is 6.07 Å². The summed E-state index contributed by atoms with van der Waals surface area (Å²) < 4.78 is 4.62. The highest BCUT2D eigenvalue weighted by Crippen LogP contribution is 2.24. The smallest absolute Gasteiger partial charge is 0.337 e. The Morgan fingerprint density at radius 3 is 2.64 bits per heavy atom. The summed E-state index contributed by atoms with van der Waals surface area (Å²) in [6.45, 7) is 0. The van der Waals surface area contributed by atoms with Crippen LogP contribution in [0.1, 0.15) is 26.3 Å². The Morgan fingerprint density at radius 1 is 1.18 bits per heavy atom. The quantitative estimate of drug-likeness (QED) is 0.882. The molecule has 0 aromatic heterocycles. The largest absolute Gasteiger partial charge is 0.465 e. The zero-order chi connectivity index (χ0) is 16.1. The molecule has 0 aliphatic carbocycles. The summed E-state index contributed by atoms with van der Waals surface area (Å²) in [5.74, 6) is -0.959. The van der Waals surface area contributed by atoms with E-state index in [-0.39, 0.29) is 16.3 Å². The molecule has 2 aromatic carbocycles. The van der Waals surface area contributed by atoms with E-state index < -0.39 is 11.9 Å². The fourth-order valence-electron chi connectivity index (χ4n) is 1.79. The highest BCUT2D eigenvalue weighted by Gasteiger charge is 2.12. The number of nitrogens with zero attached hydrogens (tertiary/aromatic N) is 1. The molecule has 22 heavy (non-hydrogen) atoms. The number of benzene rings is 2. The summed E-state index contributed by atoms with van der Waals surface area (Å²) in [6.07, 6.45) is 0. The molecule has 0 heterocycles. The lowest BCUT2D eigenvalue weighted by Crippen LogP contribution is -2.13. The van der Waals surface area contributed by atoms with E-state index in [0.717, 1.165) is 0 Å². The molecule has 0 aliphatic rings. The van der Waals surface area contributed by atoms with Gasteiger partial charge in [-0.25, -0.2) is 4.79 Å². The maximum absolute atomic E-state index is 12.2. The number of amides is 1. The zero-order valence-corrected chi connectivity index (χ0v) is 12.3. The average Bonchev–Trinajstić information content (AvgIpc) is 2.56. The van der Waals surface area contributed by atoms with Crippen LogP contribution in [0.15, 0.2) is 42.5 Å². The van der Waals surface area contributed by atoms with Gasteiger partial charge in [-0.15, -0.1) is 0 Å². The van der Waals surface area contributed by atoms with E-state index in [1.807, 2.05) is 6.07 Å². The molecule has 1 amide bonds. The summed E-state index contributed by atoms with van der Waals surface area (Å²) in [7, 11) is 1.27. The number of carbonyl (C=O) groups excluding carboxylic acids is 2. The third-order valence-corrected chi connectivity index (χ3v) is 3.22. The van der Waals surface area contributed by atoms with Gasteiger partial charge in [0.1, 0.15) is 0 Å². The van der Waals surface area contributed by atoms with Crippen molar-refractivity contribution in [2.75, 3.05) is 12.4 Å². The van der Waals surface area contributed by atoms with Gasteiger partial charge < -0.3 is 10.1 Å². The van der Waals surface area contributed by atoms with E-state index in [2.05, 4.69) is 10.1 Å². The van der Waals surface area contributed by atoms with Crippen molar-refractivity contribution in [1.82, 2.24) is 0 Å². The molecule has 5 nitrogen and oxygen atoms in total. The number of esters is 1. The Balaban J connectivity index is 2.28. The lowest BCUT2D eigenvalue weighted by molar-refractivity contribution is 0.0600. The van der Waals surface area contributed by atoms with E-state index in [9.17, 15) is 9.59 Å². The van der Waals surface area contributed by atoms with Crippen molar-refractivity contribution < 1.29 is 14.3 Å². The van der Waals surface area contributed by atoms with Gasteiger partial charge in [-0.3, -0.25) is 4.79 Å². The number of halogens is 1. The van der Waals surface area contributed by atoms with Crippen LogP contribution in [0, 0.1) is 11.3 Å². The van der Waals surface area contributed by atoms with E-state index in [4.69, 9.17) is 16.9 Å². The van der Waals surface area contributed by atoms with Crippen LogP contribution in [0.3, 0.4) is 0 Å². The molecule has 0 saturated heterocycles. The highest BCUT2D eigenvalue weighted by molar-refractivity contribution is 6.34. The molecule has 0 unspecified atom stereocenters. The normalized spacial score (nSPS) is 9.68. The first-order valence-electron chi connectivity index (χ1n) is 6.24. The van der Waals surface area contributed by atoms with Crippen LogP contribution < -0.4 is 5.32 Å². The summed E-state index contributed by atoms with van der Waals surface area (Å²) in [5, 5.41) is 11.7. The van der Waals surface area contributed by atoms with Crippen molar-refractivity contribution in [2.45, 2.75) is 0 Å². The van der Waals surface area contributed by atoms with Crippen molar-refractivity contribution in [1.29, 1.82) is 5.26 Å². The Morgan fingerprint density at radius 2 is 1.95 bits per heavy atom. The Hall–Kier alpha value is -2.84. The SMILES string of the molecule is COC(=O)c1ccc(Cl)c(NC(=O)c2cccc(C#N)c2)c1. The molecule has 1 N–H and O–H groups in total. The molecule has 0 bridgehead atoms. The first kappa shape index (κ1) is 15.5. The third kappa shape index (κ3) is 3.43. The van der Waals surface area contributed by atoms with E-state index >= 15 is 0 Å². The van der Waals surface area contributed by atoms with Gasteiger partial charge >= 0.3 is 5.97 Å². The molecular weight excluding hydrogens is 304 g/mol. The Labute approximate surface area is 132 Å². The fourth-order valence-corrected chi connectivity index (χ4v) is 1.96. The Bertz CT molecular complexity index is 781. The van der Waals surface area contributed by atoms with Crippen LogP contribution in [0.5, 0.6) is 0 Å². The number of ether oxygens (including phenoxy) is 1. The summed E-state index contributed by atoms with van der Waals surface area (Å²) in [6, 6.07) is 12.6. The van der Waals surface area contributed by atoms with Gasteiger partial charge in [0.15, 0.2) is 0 Å². The predicted octanol–water partition coefficient (Wildman–Crippen LogP) is 3.25. The molecule has 6 heteroatoms. The maximum Gasteiger partial charge on any atom is 0.337 e. The number of hydrogen-bond acceptors (Lipinski definition) is 4. The Kier molecular flexibility index (Phi) is 4.77. The molecule has 110 valence electrons. The number of nitrogens with one attached hydrogen (secondary N) is 1. The van der Waals surface area contributed by atoms with E-state index in [1.54, 1.807) is 18.2 Å². The first-order chi connectivity index (χ1) is 10.5. The molecule has 2 rings (SSSR count). The van der Waals surface area contributed by atoms with Gasteiger partial charge in [0, 0.05) is 5.56 Å². The van der Waals surface area contributed by atoms with Crippen molar-refractivity contribution in [3.05, 3.63) is 64.2 Å². The standard InChI is InChI=1S/C16H11ClN2O3/c1-22-16(21)12-5-6-13(17)14(8-12)19-15(20)11-4-2-3-10(7-11)9-18/h2-8H,1H3,(H,19,20). The van der Waals surface area contributed by atoms with Crippen LogP contribution in [0.4, 0.5) is 5.69 Å². The second kappa shape index (κ2) is 6.74. The molecular formula is C16H11ClN2O3. The average molecular weight is 315 g/mol. The van der Waals surface area contributed by atoms with E-state index in [1.165, 1.54) is 31.4 Å². The second-order valence-corrected chi connectivity index (χ2v) is 4.74. The monoisotopic (exact) mass is 314 g/mol. The summed E-state index contributed by atoms with van der Waals surface area (Å²) in [4.78, 5) is 23.7. The second-order valence-electron chi connectivity index (χ2n) is 4.33. The minimum absolute atomic E-state index is 0.271. The molecule has 0 radical (unpaired) electrons. The number of nitriles is 1. The highest BCUT2D eigenvalue weighted by atomic mass is 35.5. The first-order valence-corrected chi connectivity index (χ1v) is 6.62. The van der Waals surface area contributed by atoms with Crippen molar-refractivity contribution >= 4 is 29.2 Å². The van der Waals surface area contributed by atoms with Crippen LogP contribution in [0.2, 0.25) is 5.02 Å². The topological polar surface area (TPSA) is 79.2 Å². The third-order valence-electron chi connectivity index (χ3n) is 2.89. The molecule has 0 fully saturated rings. The summed E-state index contributed by atoms with van der Waals surface area (Å²) >= 11 is 6.02. The number of anilines is 1. The lowest BCUT2D eigenvalue weighted by Gasteiger charge is -2.09. The van der Waals surface area contributed by atoms with Crippen molar-refractivity contribution in [2.24, 2.45) is 0 Å². The number of hydrogen-bond donors (Lipinski definition) is 1. The summed E-state index contributed by atoms with van der Waals surface area (Å²) in [5.41, 5.74) is 1.26. The molecule has 0 spiro atoms. The van der Waals surface area contributed by atoms with Gasteiger partial charge in [-0.2, -0.15) is 5.26 Å². The lowest BCUT2D eigenvalue weighted by atomic mass is 10.1. The fraction of sp³-hybridized carbons (Fsp3) is 0.0625. The van der Waals surface area contributed by atoms with Gasteiger partial charge in [-0.1, -0.05) is 17.7 Å². The van der Waals surface area contributed by atoms with Crippen molar-refractivity contribution in [3.63, 3.8) is 0 Å². The minimum atomic E-state index is -0.529. The molecule has 0 atom stereocenters.